The number of hydrogen-bond acceptors (Lipinski definition) is 5. The summed E-state index contributed by atoms with van der Waals surface area (Å²) in [5, 5.41) is 22.2. The fourth-order valence-corrected chi connectivity index (χ4v) is 3.93. The second-order valence-electron chi connectivity index (χ2n) is 6.89. The monoisotopic (exact) mass is 536 g/mol. The van der Waals surface area contributed by atoms with Crippen LogP contribution in [0.1, 0.15) is 10.5 Å². The van der Waals surface area contributed by atoms with Gasteiger partial charge in [0.05, 0.1) is 32.4 Å². The number of carbonyl (C=O) groups excluding carboxylic acids is 1. The van der Waals surface area contributed by atoms with E-state index in [4.69, 9.17) is 51.1 Å². The number of nitro groups is 1. The van der Waals surface area contributed by atoms with Crippen molar-refractivity contribution in [1.29, 1.82) is 0 Å². The van der Waals surface area contributed by atoms with Crippen molar-refractivity contribution in [2.75, 3.05) is 5.32 Å². The Morgan fingerprint density at radius 3 is 2.32 bits per heavy atom. The first-order valence-corrected chi connectivity index (χ1v) is 11.0. The summed E-state index contributed by atoms with van der Waals surface area (Å²) < 4.78 is 5.68. The smallest absolute Gasteiger partial charge is 0.275 e. The van der Waals surface area contributed by atoms with E-state index in [2.05, 4.69) is 15.5 Å². The maximum Gasteiger partial charge on any atom is 0.275 e. The van der Waals surface area contributed by atoms with Crippen LogP contribution in [0.15, 0.2) is 60.7 Å². The lowest BCUT2D eigenvalue weighted by molar-refractivity contribution is -0.384. The molecule has 0 spiro atoms. The summed E-state index contributed by atoms with van der Waals surface area (Å²) in [6, 6.07) is 14.8. The third kappa shape index (κ3) is 5.43. The molecule has 0 atom stereocenters. The molecule has 1 amide bonds. The summed E-state index contributed by atoms with van der Waals surface area (Å²) in [6.45, 7) is 0. The minimum atomic E-state index is -0.608. The Kier molecular flexibility index (Phi) is 6.95. The van der Waals surface area contributed by atoms with Crippen molar-refractivity contribution in [3.63, 3.8) is 0 Å². The molecule has 0 bridgehead atoms. The maximum atomic E-state index is 12.8. The van der Waals surface area contributed by atoms with Gasteiger partial charge in [-0.2, -0.15) is 5.10 Å². The minimum Gasteiger partial charge on any atom is -0.455 e. The molecule has 172 valence electrons. The summed E-state index contributed by atoms with van der Waals surface area (Å²) in [5.41, 5.74) is 0.936. The first-order chi connectivity index (χ1) is 16.2. The third-order valence-corrected chi connectivity index (χ3v) is 5.59. The summed E-state index contributed by atoms with van der Waals surface area (Å²) >= 11 is 24.1. The molecule has 0 saturated carbocycles. The molecule has 1 heterocycles. The molecule has 34 heavy (non-hydrogen) atoms. The molecule has 0 aliphatic heterocycles. The molecular formula is C22H12Cl4N4O4. The molecule has 0 fully saturated rings. The van der Waals surface area contributed by atoms with E-state index in [0.29, 0.717) is 26.3 Å². The van der Waals surface area contributed by atoms with Crippen LogP contribution >= 0.6 is 46.4 Å². The van der Waals surface area contributed by atoms with E-state index in [0.717, 1.165) is 0 Å². The highest BCUT2D eigenvalue weighted by Crippen LogP contribution is 2.35. The van der Waals surface area contributed by atoms with E-state index in [-0.39, 0.29) is 33.6 Å². The van der Waals surface area contributed by atoms with Crippen LogP contribution in [0.5, 0.6) is 11.5 Å². The zero-order chi connectivity index (χ0) is 24.4. The number of anilines is 1. The number of amides is 1. The van der Waals surface area contributed by atoms with Gasteiger partial charge in [-0.1, -0.05) is 46.4 Å². The van der Waals surface area contributed by atoms with Crippen LogP contribution in [-0.2, 0) is 0 Å². The number of carbonyl (C=O) groups is 1. The number of nitrogens with one attached hydrogen (secondary N) is 2. The molecule has 0 unspecified atom stereocenters. The number of aromatic amines is 1. The van der Waals surface area contributed by atoms with E-state index in [9.17, 15) is 14.9 Å². The predicted molar refractivity (Wildman–Crippen MR) is 132 cm³/mol. The van der Waals surface area contributed by atoms with Gasteiger partial charge in [0.25, 0.3) is 11.6 Å². The van der Waals surface area contributed by atoms with Crippen molar-refractivity contribution in [2.24, 2.45) is 0 Å². The number of rotatable bonds is 6. The van der Waals surface area contributed by atoms with Crippen LogP contribution in [0.25, 0.3) is 11.3 Å². The van der Waals surface area contributed by atoms with Gasteiger partial charge in [-0.25, -0.2) is 0 Å². The summed E-state index contributed by atoms with van der Waals surface area (Å²) in [5.74, 6) is -0.256. The molecular weight excluding hydrogens is 526 g/mol. The van der Waals surface area contributed by atoms with Crippen molar-refractivity contribution in [3.05, 3.63) is 96.6 Å². The lowest BCUT2D eigenvalue weighted by Crippen LogP contribution is -2.12. The number of non-ortho nitro benzene ring substituents is 1. The largest absolute Gasteiger partial charge is 0.455 e. The number of nitro benzene ring substituents is 1. The Balaban J connectivity index is 1.59. The van der Waals surface area contributed by atoms with Crippen LogP contribution in [0.4, 0.5) is 11.4 Å². The molecule has 0 radical (unpaired) electrons. The molecule has 3 aromatic carbocycles. The average Bonchev–Trinajstić information content (AvgIpc) is 3.25. The highest BCUT2D eigenvalue weighted by molar-refractivity contribution is 6.36. The molecule has 4 rings (SSSR count). The lowest BCUT2D eigenvalue weighted by Gasteiger charge is -2.10. The van der Waals surface area contributed by atoms with Crippen molar-refractivity contribution in [2.45, 2.75) is 0 Å². The van der Waals surface area contributed by atoms with E-state index in [1.165, 1.54) is 36.4 Å². The van der Waals surface area contributed by atoms with Gasteiger partial charge in [-0.05, 0) is 42.5 Å². The summed E-state index contributed by atoms with van der Waals surface area (Å²) in [6.07, 6.45) is 0. The highest BCUT2D eigenvalue weighted by Gasteiger charge is 2.17. The quantitative estimate of drug-likeness (QED) is 0.194. The van der Waals surface area contributed by atoms with Gasteiger partial charge in [0.15, 0.2) is 0 Å². The molecule has 12 heteroatoms. The van der Waals surface area contributed by atoms with Gasteiger partial charge in [0, 0.05) is 27.7 Å². The maximum absolute atomic E-state index is 12.8. The molecule has 1 aromatic heterocycles. The van der Waals surface area contributed by atoms with Crippen molar-refractivity contribution in [3.8, 4) is 22.8 Å². The van der Waals surface area contributed by atoms with Gasteiger partial charge >= 0.3 is 0 Å². The molecule has 0 aliphatic carbocycles. The van der Waals surface area contributed by atoms with Crippen molar-refractivity contribution in [1.82, 2.24) is 10.2 Å². The van der Waals surface area contributed by atoms with Crippen LogP contribution in [0.2, 0.25) is 20.1 Å². The van der Waals surface area contributed by atoms with Gasteiger partial charge in [0.2, 0.25) is 0 Å². The minimum absolute atomic E-state index is 0.0898. The Morgan fingerprint density at radius 1 is 0.941 bits per heavy atom. The summed E-state index contributed by atoms with van der Waals surface area (Å²) in [7, 11) is 0. The number of ether oxygens (including phenoxy) is 1. The SMILES string of the molecule is O=C(Nc1cc(Oc2ccc(Cl)cc2Cl)cc([N+](=O)[O-])c1)c1cc(-c2ccc(Cl)cc2Cl)n[nH]1. The lowest BCUT2D eigenvalue weighted by atomic mass is 10.1. The van der Waals surface area contributed by atoms with Crippen molar-refractivity contribution >= 4 is 63.7 Å². The second kappa shape index (κ2) is 9.90. The number of hydrogen-bond donors (Lipinski definition) is 2. The Hall–Kier alpha value is -3.30. The van der Waals surface area contributed by atoms with Gasteiger partial charge in [0.1, 0.15) is 17.2 Å². The van der Waals surface area contributed by atoms with Gasteiger partial charge < -0.3 is 10.1 Å². The third-order valence-electron chi connectivity index (χ3n) is 4.51. The number of aromatic nitrogens is 2. The predicted octanol–water partition coefficient (Wildman–Crippen LogP) is 7.64. The number of nitrogens with zero attached hydrogens (tertiary/aromatic N) is 2. The van der Waals surface area contributed by atoms with Crippen LogP contribution in [0.3, 0.4) is 0 Å². The normalized spacial score (nSPS) is 10.7. The van der Waals surface area contributed by atoms with E-state index >= 15 is 0 Å². The topological polar surface area (TPSA) is 110 Å². The first-order valence-electron chi connectivity index (χ1n) is 9.44. The molecule has 8 nitrogen and oxygen atoms in total. The molecule has 0 aliphatic rings. The standard InChI is InChI=1S/C22H12Cl4N4O4/c23-11-1-3-16(17(25)5-11)19-10-20(29-28-19)22(31)27-13-7-14(30(32)33)9-15(8-13)34-21-4-2-12(24)6-18(21)26/h1-10H,(H,27,31)(H,28,29). The summed E-state index contributed by atoms with van der Waals surface area (Å²) in [4.78, 5) is 23.5. The zero-order valence-electron chi connectivity index (χ0n) is 16.8. The van der Waals surface area contributed by atoms with Crippen LogP contribution in [-0.4, -0.2) is 21.0 Å². The van der Waals surface area contributed by atoms with Crippen LogP contribution in [0, 0.1) is 10.1 Å². The Morgan fingerprint density at radius 2 is 1.65 bits per heavy atom. The fraction of sp³-hybridized carbons (Fsp3) is 0. The van der Waals surface area contributed by atoms with Crippen molar-refractivity contribution < 1.29 is 14.5 Å². The number of benzene rings is 3. The second-order valence-corrected chi connectivity index (χ2v) is 8.58. The van der Waals surface area contributed by atoms with Gasteiger partial charge in [-0.3, -0.25) is 20.0 Å². The van der Waals surface area contributed by atoms with E-state index in [1.807, 2.05) is 0 Å². The molecule has 2 N–H and O–H groups in total. The Bertz CT molecular complexity index is 1420. The zero-order valence-corrected chi connectivity index (χ0v) is 19.8. The molecule has 4 aromatic rings. The average molecular weight is 538 g/mol. The highest BCUT2D eigenvalue weighted by atomic mass is 35.5. The number of H-pyrrole nitrogens is 1. The van der Waals surface area contributed by atoms with E-state index in [1.54, 1.807) is 24.3 Å². The van der Waals surface area contributed by atoms with E-state index < -0.39 is 10.8 Å². The van der Waals surface area contributed by atoms with Gasteiger partial charge in [-0.15, -0.1) is 0 Å². The fourth-order valence-electron chi connectivity index (χ4n) is 2.98. The first kappa shape index (κ1) is 23.8. The Labute approximate surface area is 212 Å². The molecule has 0 saturated heterocycles. The van der Waals surface area contributed by atoms with Crippen LogP contribution < -0.4 is 10.1 Å². The number of halogens is 4.